The lowest BCUT2D eigenvalue weighted by atomic mass is 9.43. The summed E-state index contributed by atoms with van der Waals surface area (Å²) in [6, 6.07) is 0. The lowest BCUT2D eigenvalue weighted by Gasteiger charge is -2.63. The molecule has 0 spiro atoms. The summed E-state index contributed by atoms with van der Waals surface area (Å²) in [4.78, 5) is 24.2. The van der Waals surface area contributed by atoms with E-state index in [2.05, 4.69) is 0 Å². The van der Waals surface area contributed by atoms with E-state index < -0.39 is 34.1 Å². The van der Waals surface area contributed by atoms with Gasteiger partial charge in [-0.3, -0.25) is 9.59 Å². The molecule has 4 aliphatic carbocycles. The van der Waals surface area contributed by atoms with Gasteiger partial charge in [0.2, 0.25) is 0 Å². The summed E-state index contributed by atoms with van der Waals surface area (Å²) >= 11 is 0. The van der Waals surface area contributed by atoms with E-state index in [0.717, 1.165) is 5.57 Å². The molecule has 8 atom stereocenters. The molecular weight excluding hydrogens is 347 g/mol. The van der Waals surface area contributed by atoms with Gasteiger partial charge in [-0.1, -0.05) is 25.5 Å². The van der Waals surface area contributed by atoms with E-state index >= 15 is 4.39 Å². The first-order valence-electron chi connectivity index (χ1n) is 9.97. The summed E-state index contributed by atoms with van der Waals surface area (Å²) in [6.45, 7) is 7.01. The van der Waals surface area contributed by atoms with E-state index in [0.29, 0.717) is 19.3 Å². The average molecular weight is 376 g/mol. The number of halogens is 1. The van der Waals surface area contributed by atoms with Gasteiger partial charge in [-0.2, -0.15) is 0 Å². The monoisotopic (exact) mass is 376 g/mol. The van der Waals surface area contributed by atoms with Crippen molar-refractivity contribution in [2.75, 3.05) is 0 Å². The third kappa shape index (κ3) is 2.00. The van der Waals surface area contributed by atoms with Crippen molar-refractivity contribution in [3.05, 3.63) is 23.8 Å². The number of aliphatic hydroxyl groups is 2. The number of fused-ring (bicyclic) bond motifs is 5. The van der Waals surface area contributed by atoms with E-state index in [4.69, 9.17) is 0 Å². The van der Waals surface area contributed by atoms with Crippen LogP contribution in [0.25, 0.3) is 0 Å². The molecule has 4 rings (SSSR count). The van der Waals surface area contributed by atoms with Gasteiger partial charge in [0.1, 0.15) is 5.60 Å². The summed E-state index contributed by atoms with van der Waals surface area (Å²) in [5.74, 6) is -1.11. The molecule has 0 amide bonds. The van der Waals surface area contributed by atoms with Gasteiger partial charge in [0, 0.05) is 16.7 Å². The Morgan fingerprint density at radius 3 is 2.59 bits per heavy atom. The van der Waals surface area contributed by atoms with Gasteiger partial charge >= 0.3 is 0 Å². The van der Waals surface area contributed by atoms with Crippen LogP contribution in [0.5, 0.6) is 0 Å². The molecule has 5 heteroatoms. The highest BCUT2D eigenvalue weighted by Gasteiger charge is 2.74. The molecule has 3 fully saturated rings. The van der Waals surface area contributed by atoms with Crippen LogP contribution >= 0.6 is 0 Å². The Bertz CT molecular complexity index is 787. The van der Waals surface area contributed by atoms with Gasteiger partial charge < -0.3 is 10.2 Å². The zero-order valence-corrected chi connectivity index (χ0v) is 16.5. The highest BCUT2D eigenvalue weighted by Crippen LogP contribution is 2.70. The Morgan fingerprint density at radius 1 is 1.30 bits per heavy atom. The van der Waals surface area contributed by atoms with Crippen LogP contribution in [0.2, 0.25) is 0 Å². The standard InChI is InChI=1S/C22H29FO4/c1-12-9-17-15-6-8-21(27,13(2)24)20(15,4)11-18(26)22(17,23)19(3)7-5-14(25)10-16(12)19/h5,7,10,12,15,17-18,26-27H,6,8-9,11H2,1-4H3/t12-,15+,17-,18-,19-,20-,21-,22-/m0/s1. The summed E-state index contributed by atoms with van der Waals surface area (Å²) in [5, 5.41) is 22.3. The Morgan fingerprint density at radius 2 is 1.96 bits per heavy atom. The van der Waals surface area contributed by atoms with Gasteiger partial charge in [0.05, 0.1) is 6.10 Å². The van der Waals surface area contributed by atoms with E-state index in [-0.39, 0.29) is 29.8 Å². The molecule has 0 bridgehead atoms. The maximum Gasteiger partial charge on any atom is 0.178 e. The Labute approximate surface area is 159 Å². The summed E-state index contributed by atoms with van der Waals surface area (Å²) < 4.78 is 16.9. The number of allylic oxidation sites excluding steroid dienone is 4. The number of hydrogen-bond donors (Lipinski definition) is 2. The van der Waals surface area contributed by atoms with Crippen LogP contribution < -0.4 is 0 Å². The number of ketones is 2. The third-order valence-electron chi connectivity index (χ3n) is 8.70. The van der Waals surface area contributed by atoms with Gasteiger partial charge in [0.25, 0.3) is 0 Å². The molecule has 27 heavy (non-hydrogen) atoms. The van der Waals surface area contributed by atoms with E-state index in [1.807, 2.05) is 13.8 Å². The van der Waals surface area contributed by atoms with Gasteiger partial charge in [-0.15, -0.1) is 0 Å². The minimum Gasteiger partial charge on any atom is -0.390 e. The summed E-state index contributed by atoms with van der Waals surface area (Å²) in [6.07, 6.45) is 4.68. The first-order chi connectivity index (χ1) is 12.4. The molecule has 4 aliphatic rings. The van der Waals surface area contributed by atoms with Crippen molar-refractivity contribution >= 4 is 11.6 Å². The lowest BCUT2D eigenvalue weighted by molar-refractivity contribution is -0.219. The second kappa shape index (κ2) is 5.38. The van der Waals surface area contributed by atoms with Gasteiger partial charge in [-0.05, 0) is 63.5 Å². The lowest BCUT2D eigenvalue weighted by Crippen LogP contribution is -2.69. The first-order valence-corrected chi connectivity index (χ1v) is 9.97. The number of rotatable bonds is 1. The van der Waals surface area contributed by atoms with Crippen molar-refractivity contribution in [1.29, 1.82) is 0 Å². The molecule has 0 aromatic rings. The number of aliphatic hydroxyl groups excluding tert-OH is 1. The van der Waals surface area contributed by atoms with E-state index in [1.165, 1.54) is 19.1 Å². The predicted octanol–water partition coefficient (Wildman–Crippen LogP) is 2.92. The number of carbonyl (C=O) groups is 2. The normalized spacial score (nSPS) is 54.0. The number of alkyl halides is 1. The molecule has 0 aliphatic heterocycles. The van der Waals surface area contributed by atoms with Crippen LogP contribution in [-0.2, 0) is 9.59 Å². The number of Topliss-reactive ketones (excluding diaryl/α,β-unsaturated/α-hetero) is 1. The van der Waals surface area contributed by atoms with Gasteiger partial charge in [0.15, 0.2) is 17.2 Å². The minimum absolute atomic E-state index is 0.00153. The second-order valence-electron chi connectivity index (χ2n) is 9.75. The van der Waals surface area contributed by atoms with E-state index in [1.54, 1.807) is 13.0 Å². The molecule has 0 saturated heterocycles. The van der Waals surface area contributed by atoms with Crippen molar-refractivity contribution in [3.8, 4) is 0 Å². The molecular formula is C22H29FO4. The topological polar surface area (TPSA) is 74.6 Å². The summed E-state index contributed by atoms with van der Waals surface area (Å²) in [5.41, 5.74) is -4.59. The minimum atomic E-state index is -1.92. The van der Waals surface area contributed by atoms with Gasteiger partial charge in [-0.25, -0.2) is 4.39 Å². The van der Waals surface area contributed by atoms with Crippen LogP contribution in [0.1, 0.15) is 53.4 Å². The highest BCUT2D eigenvalue weighted by molar-refractivity contribution is 6.01. The van der Waals surface area contributed by atoms with Crippen LogP contribution in [-0.4, -0.2) is 39.2 Å². The number of carbonyl (C=O) groups excluding carboxylic acids is 2. The van der Waals surface area contributed by atoms with Crippen LogP contribution in [0.15, 0.2) is 23.8 Å². The van der Waals surface area contributed by atoms with Crippen molar-refractivity contribution in [1.82, 2.24) is 0 Å². The van der Waals surface area contributed by atoms with Crippen LogP contribution in [0, 0.1) is 28.6 Å². The van der Waals surface area contributed by atoms with Crippen molar-refractivity contribution in [2.45, 2.75) is 70.8 Å². The number of hydrogen-bond acceptors (Lipinski definition) is 4. The largest absolute Gasteiger partial charge is 0.390 e. The van der Waals surface area contributed by atoms with Crippen molar-refractivity contribution in [3.63, 3.8) is 0 Å². The molecule has 2 N–H and O–H groups in total. The Balaban J connectivity index is 1.86. The maximum atomic E-state index is 16.9. The zero-order chi connectivity index (χ0) is 20.0. The smallest absolute Gasteiger partial charge is 0.178 e. The van der Waals surface area contributed by atoms with Crippen molar-refractivity contribution in [2.24, 2.45) is 28.6 Å². The Kier molecular flexibility index (Phi) is 3.79. The molecule has 0 heterocycles. The van der Waals surface area contributed by atoms with Crippen LogP contribution in [0.3, 0.4) is 0 Å². The fourth-order valence-corrected chi connectivity index (χ4v) is 7.18. The van der Waals surface area contributed by atoms with Crippen molar-refractivity contribution < 1.29 is 24.2 Å². The molecule has 0 aromatic heterocycles. The molecule has 148 valence electrons. The molecule has 0 aromatic carbocycles. The SMILES string of the molecule is CC(=O)[C@@]1(O)CC[C@@H]2[C@@H]3C[C@H](C)C4=CC(=O)C=C[C@]4(C)[C@@]3(F)[C@@H](O)C[C@@]21C. The molecule has 4 nitrogen and oxygen atoms in total. The van der Waals surface area contributed by atoms with E-state index in [9.17, 15) is 19.8 Å². The van der Waals surface area contributed by atoms with Crippen LogP contribution in [0.4, 0.5) is 4.39 Å². The average Bonchev–Trinajstić information content (AvgIpc) is 2.85. The fraction of sp³-hybridized carbons (Fsp3) is 0.727. The molecule has 3 saturated carbocycles. The molecule has 0 radical (unpaired) electrons. The Hall–Kier alpha value is -1.33. The first kappa shape index (κ1) is 19.0. The summed E-state index contributed by atoms with van der Waals surface area (Å²) in [7, 11) is 0. The zero-order valence-electron chi connectivity index (χ0n) is 16.5. The maximum absolute atomic E-state index is 16.9. The molecule has 0 unspecified atom stereocenters. The quantitative estimate of drug-likeness (QED) is 0.738. The third-order valence-corrected chi connectivity index (χ3v) is 8.70. The predicted molar refractivity (Wildman–Crippen MR) is 98.5 cm³/mol. The highest BCUT2D eigenvalue weighted by atomic mass is 19.1. The second-order valence-corrected chi connectivity index (χ2v) is 9.75. The fourth-order valence-electron chi connectivity index (χ4n) is 7.18.